The molecule has 8 heteroatoms. The third kappa shape index (κ3) is 7.40. The summed E-state index contributed by atoms with van der Waals surface area (Å²) in [6, 6.07) is 10.1. The van der Waals surface area contributed by atoms with Crippen LogP contribution in [0.2, 0.25) is 0 Å². The molecule has 0 radical (unpaired) electrons. The first kappa shape index (κ1) is 22.1. The highest BCUT2D eigenvalue weighted by molar-refractivity contribution is 5.90. The van der Waals surface area contributed by atoms with E-state index in [-0.39, 0.29) is 12.4 Å². The fourth-order valence-corrected chi connectivity index (χ4v) is 2.34. The summed E-state index contributed by atoms with van der Waals surface area (Å²) in [4.78, 5) is 23.7. The number of benzene rings is 2. The molecule has 2 rings (SSSR count). The van der Waals surface area contributed by atoms with E-state index >= 15 is 0 Å². The van der Waals surface area contributed by atoms with Crippen LogP contribution in [0, 0.1) is 5.82 Å². The van der Waals surface area contributed by atoms with Gasteiger partial charge in [0.05, 0.1) is 5.56 Å². The second-order valence-electron chi connectivity index (χ2n) is 6.20. The molecule has 0 aromatic heterocycles. The van der Waals surface area contributed by atoms with E-state index in [0.29, 0.717) is 12.0 Å². The van der Waals surface area contributed by atoms with Gasteiger partial charge in [-0.05, 0) is 54.8 Å². The van der Waals surface area contributed by atoms with Gasteiger partial charge in [0.1, 0.15) is 5.82 Å². The van der Waals surface area contributed by atoms with Gasteiger partial charge < -0.3 is 10.1 Å². The molecular formula is C21H19F4NO3. The van der Waals surface area contributed by atoms with Crippen LogP contribution >= 0.6 is 0 Å². The first-order valence-corrected chi connectivity index (χ1v) is 8.73. The highest BCUT2D eigenvalue weighted by atomic mass is 19.4. The van der Waals surface area contributed by atoms with Crippen molar-refractivity contribution < 1.29 is 31.9 Å². The van der Waals surface area contributed by atoms with Crippen LogP contribution in [0.3, 0.4) is 0 Å². The van der Waals surface area contributed by atoms with Crippen LogP contribution in [0.5, 0.6) is 0 Å². The number of hydrogen-bond acceptors (Lipinski definition) is 3. The summed E-state index contributed by atoms with van der Waals surface area (Å²) in [6.45, 7) is 1.69. The molecule has 1 N–H and O–H groups in total. The lowest BCUT2D eigenvalue weighted by molar-refractivity contribution is -0.150. The predicted octanol–water partition coefficient (Wildman–Crippen LogP) is 4.15. The van der Waals surface area contributed by atoms with Crippen LogP contribution in [0.1, 0.15) is 23.6 Å². The van der Waals surface area contributed by atoms with Crippen LogP contribution < -0.4 is 5.32 Å². The lowest BCUT2D eigenvalue weighted by atomic mass is 10.1. The molecule has 0 spiro atoms. The summed E-state index contributed by atoms with van der Waals surface area (Å²) in [5.74, 6) is -1.64. The van der Waals surface area contributed by atoms with Crippen LogP contribution in [0.4, 0.5) is 17.6 Å². The first-order chi connectivity index (χ1) is 13.6. The number of hydrogen-bond donors (Lipinski definition) is 1. The molecule has 0 aliphatic rings. The molecule has 29 heavy (non-hydrogen) atoms. The topological polar surface area (TPSA) is 55.4 Å². The molecule has 0 bridgehead atoms. The molecule has 1 atom stereocenters. The minimum atomic E-state index is -4.43. The highest BCUT2D eigenvalue weighted by Crippen LogP contribution is 2.29. The molecule has 154 valence electrons. The highest BCUT2D eigenvalue weighted by Gasteiger charge is 2.29. The third-order valence-electron chi connectivity index (χ3n) is 3.94. The second kappa shape index (κ2) is 9.86. The maximum atomic E-state index is 12.8. The number of ether oxygens (including phenoxy) is 1. The van der Waals surface area contributed by atoms with Gasteiger partial charge in [0, 0.05) is 12.6 Å². The zero-order valence-corrected chi connectivity index (χ0v) is 15.5. The van der Waals surface area contributed by atoms with Gasteiger partial charge in [-0.25, -0.2) is 9.18 Å². The van der Waals surface area contributed by atoms with E-state index in [1.165, 1.54) is 37.3 Å². The largest absolute Gasteiger partial charge is 0.449 e. The lowest BCUT2D eigenvalue weighted by Crippen LogP contribution is -2.36. The molecule has 0 saturated heterocycles. The maximum absolute atomic E-state index is 12.8. The summed E-state index contributed by atoms with van der Waals surface area (Å²) in [5.41, 5.74) is 0.435. The minimum absolute atomic E-state index is 0.285. The zero-order valence-electron chi connectivity index (χ0n) is 15.5. The van der Waals surface area contributed by atoms with Crippen molar-refractivity contribution in [3.8, 4) is 0 Å². The number of nitrogens with one attached hydrogen (secondary N) is 1. The Kier molecular flexibility index (Phi) is 7.52. The summed E-state index contributed by atoms with van der Waals surface area (Å²) in [7, 11) is 0. The SMILES string of the molecule is C[C@H](OC(=O)/C=C/c1ccc(C(F)(F)F)cc1)C(=O)NCCc1ccc(F)cc1. The van der Waals surface area contributed by atoms with Crippen molar-refractivity contribution in [2.75, 3.05) is 6.54 Å². The molecule has 4 nitrogen and oxygen atoms in total. The van der Waals surface area contributed by atoms with Gasteiger partial charge in [0.15, 0.2) is 6.10 Å². The summed E-state index contributed by atoms with van der Waals surface area (Å²) >= 11 is 0. The van der Waals surface area contributed by atoms with Crippen LogP contribution in [-0.2, 0) is 26.9 Å². The molecule has 0 unspecified atom stereocenters. The number of amides is 1. The summed E-state index contributed by atoms with van der Waals surface area (Å²) < 4.78 is 55.3. The molecule has 0 aliphatic carbocycles. The van der Waals surface area contributed by atoms with Crippen molar-refractivity contribution in [2.24, 2.45) is 0 Å². The van der Waals surface area contributed by atoms with Gasteiger partial charge in [0.25, 0.3) is 5.91 Å². The van der Waals surface area contributed by atoms with Crippen LogP contribution in [0.25, 0.3) is 6.08 Å². The normalized spacial score (nSPS) is 12.6. The fourth-order valence-electron chi connectivity index (χ4n) is 2.34. The fraction of sp³-hybridized carbons (Fsp3) is 0.238. The van der Waals surface area contributed by atoms with Crippen molar-refractivity contribution in [2.45, 2.75) is 25.6 Å². The van der Waals surface area contributed by atoms with Crippen molar-refractivity contribution in [3.63, 3.8) is 0 Å². The smallest absolute Gasteiger partial charge is 0.416 e. The van der Waals surface area contributed by atoms with E-state index in [2.05, 4.69) is 5.32 Å². The average Bonchev–Trinajstić information content (AvgIpc) is 2.67. The van der Waals surface area contributed by atoms with E-state index in [9.17, 15) is 27.2 Å². The number of carbonyl (C=O) groups is 2. The lowest BCUT2D eigenvalue weighted by Gasteiger charge is -2.12. The predicted molar refractivity (Wildman–Crippen MR) is 99.1 cm³/mol. The molecule has 1 amide bonds. The summed E-state index contributed by atoms with van der Waals surface area (Å²) in [6.07, 6.45) is -2.67. The van der Waals surface area contributed by atoms with Gasteiger partial charge in [-0.3, -0.25) is 4.79 Å². The Balaban J connectivity index is 1.77. The van der Waals surface area contributed by atoms with E-state index in [1.54, 1.807) is 12.1 Å². The molecule has 0 heterocycles. The Morgan fingerprint density at radius 2 is 1.69 bits per heavy atom. The number of halogens is 4. The third-order valence-corrected chi connectivity index (χ3v) is 3.94. The van der Waals surface area contributed by atoms with Gasteiger partial charge >= 0.3 is 12.1 Å². The molecule has 2 aromatic carbocycles. The monoisotopic (exact) mass is 409 g/mol. The molecule has 0 saturated carbocycles. The van der Waals surface area contributed by atoms with Gasteiger partial charge in [0.2, 0.25) is 0 Å². The Labute approximate surface area is 165 Å². The number of alkyl halides is 3. The maximum Gasteiger partial charge on any atom is 0.416 e. The number of carbonyl (C=O) groups excluding carboxylic acids is 2. The van der Waals surface area contributed by atoms with Crippen LogP contribution in [0.15, 0.2) is 54.6 Å². The number of rotatable bonds is 7. The van der Waals surface area contributed by atoms with E-state index in [1.807, 2.05) is 0 Å². The van der Waals surface area contributed by atoms with Gasteiger partial charge in [-0.15, -0.1) is 0 Å². The molecular weight excluding hydrogens is 390 g/mol. The average molecular weight is 409 g/mol. The molecule has 0 aliphatic heterocycles. The van der Waals surface area contributed by atoms with Crippen molar-refractivity contribution in [1.29, 1.82) is 0 Å². The Morgan fingerprint density at radius 3 is 2.28 bits per heavy atom. The van der Waals surface area contributed by atoms with Crippen molar-refractivity contribution >= 4 is 18.0 Å². The quantitative estimate of drug-likeness (QED) is 0.425. The second-order valence-corrected chi connectivity index (χ2v) is 6.20. The minimum Gasteiger partial charge on any atom is -0.449 e. The van der Waals surface area contributed by atoms with Gasteiger partial charge in [-0.2, -0.15) is 13.2 Å². The van der Waals surface area contributed by atoms with Crippen molar-refractivity contribution in [3.05, 3.63) is 77.1 Å². The van der Waals surface area contributed by atoms with E-state index in [4.69, 9.17) is 4.74 Å². The summed E-state index contributed by atoms with van der Waals surface area (Å²) in [5, 5.41) is 2.60. The van der Waals surface area contributed by atoms with Crippen LogP contribution in [-0.4, -0.2) is 24.5 Å². The van der Waals surface area contributed by atoms with Gasteiger partial charge in [-0.1, -0.05) is 24.3 Å². The standard InChI is InChI=1S/C21H19F4NO3/c1-14(20(28)26-13-12-16-4-9-18(22)10-5-16)29-19(27)11-6-15-2-7-17(8-3-15)21(23,24)25/h2-11,14H,12-13H2,1H3,(H,26,28)/b11-6+/t14-/m0/s1. The van der Waals surface area contributed by atoms with E-state index < -0.39 is 29.7 Å². The van der Waals surface area contributed by atoms with E-state index in [0.717, 1.165) is 23.8 Å². The number of esters is 1. The molecule has 0 fully saturated rings. The Hall–Kier alpha value is -3.16. The van der Waals surface area contributed by atoms with Crippen molar-refractivity contribution in [1.82, 2.24) is 5.32 Å². The molecule has 2 aromatic rings. The Morgan fingerprint density at radius 1 is 1.07 bits per heavy atom. The Bertz CT molecular complexity index is 859. The first-order valence-electron chi connectivity index (χ1n) is 8.73. The zero-order chi connectivity index (χ0) is 21.4.